The number of nitrogen functional groups attached to an aromatic ring is 1. The van der Waals surface area contributed by atoms with Crippen LogP contribution in [0.4, 0.5) is 10.3 Å². The Kier molecular flexibility index (Phi) is 3.05. The Labute approximate surface area is 94.5 Å². The lowest BCUT2D eigenvalue weighted by molar-refractivity contribution is -0.0501. The fourth-order valence-corrected chi connectivity index (χ4v) is 1.68. The summed E-state index contributed by atoms with van der Waals surface area (Å²) in [7, 11) is 0. The summed E-state index contributed by atoms with van der Waals surface area (Å²) >= 11 is 0. The van der Waals surface area contributed by atoms with Gasteiger partial charge in [0.05, 0.1) is 12.7 Å². The number of halogens is 1. The Hall–Kier alpha value is -1.58. The maximum atomic E-state index is 13.4. The lowest BCUT2D eigenvalue weighted by Crippen LogP contribution is -2.32. The topological polar surface area (TPSA) is 123 Å². The molecule has 1 aromatic rings. The highest BCUT2D eigenvalue weighted by molar-refractivity contribution is 5.10. The van der Waals surface area contributed by atoms with Crippen molar-refractivity contribution in [2.75, 3.05) is 12.3 Å². The van der Waals surface area contributed by atoms with E-state index in [4.69, 9.17) is 15.6 Å². The Bertz CT molecular complexity index is 479. The number of aliphatic hydroxyl groups excluding tert-OH is 2. The monoisotopic (exact) mass is 246 g/mol. The molecule has 0 radical (unpaired) electrons. The molecule has 4 N–H and O–H groups in total. The minimum Gasteiger partial charge on any atom is -0.394 e. The standard InChI is InChI=1S/C8H11FN4O4/c9-6-11-7(10)12-8(16)13(6)5-1-3(15)4(2-14)17-5/h3-5,14-15H,1-2H2,(H2,10,12,16)/t3-,4-,5-/m1/s1. The van der Waals surface area contributed by atoms with E-state index in [1.165, 1.54) is 0 Å². The molecule has 1 aromatic heterocycles. The summed E-state index contributed by atoms with van der Waals surface area (Å²) in [6, 6.07) is 0. The van der Waals surface area contributed by atoms with Crippen LogP contribution in [0.15, 0.2) is 4.79 Å². The maximum Gasteiger partial charge on any atom is 0.356 e. The maximum absolute atomic E-state index is 13.4. The zero-order valence-corrected chi connectivity index (χ0v) is 8.65. The fourth-order valence-electron chi connectivity index (χ4n) is 1.68. The summed E-state index contributed by atoms with van der Waals surface area (Å²) in [5, 5.41) is 18.3. The van der Waals surface area contributed by atoms with Gasteiger partial charge in [0.1, 0.15) is 12.3 Å². The summed E-state index contributed by atoms with van der Waals surface area (Å²) in [5.41, 5.74) is 4.15. The van der Waals surface area contributed by atoms with Crippen molar-refractivity contribution in [3.05, 3.63) is 16.6 Å². The number of aliphatic hydroxyl groups is 2. The van der Waals surface area contributed by atoms with Gasteiger partial charge in [-0.15, -0.1) is 0 Å². The zero-order valence-electron chi connectivity index (χ0n) is 8.65. The first-order valence-electron chi connectivity index (χ1n) is 4.89. The first-order valence-corrected chi connectivity index (χ1v) is 4.89. The van der Waals surface area contributed by atoms with E-state index in [1.807, 2.05) is 0 Å². The molecule has 2 rings (SSSR count). The van der Waals surface area contributed by atoms with Gasteiger partial charge < -0.3 is 20.7 Å². The molecule has 0 saturated carbocycles. The third-order valence-corrected chi connectivity index (χ3v) is 2.49. The van der Waals surface area contributed by atoms with Crippen LogP contribution in [0.2, 0.25) is 0 Å². The van der Waals surface area contributed by atoms with Gasteiger partial charge in [0.2, 0.25) is 5.95 Å². The average Bonchev–Trinajstić information content (AvgIpc) is 2.57. The summed E-state index contributed by atoms with van der Waals surface area (Å²) in [6.07, 6.45) is -4.05. The quantitative estimate of drug-likeness (QED) is 0.551. The Morgan fingerprint density at radius 1 is 1.59 bits per heavy atom. The first kappa shape index (κ1) is 11.9. The molecular weight excluding hydrogens is 235 g/mol. The Morgan fingerprint density at radius 3 is 2.82 bits per heavy atom. The van der Waals surface area contributed by atoms with E-state index in [9.17, 15) is 14.3 Å². The van der Waals surface area contributed by atoms with Crippen molar-refractivity contribution in [3.8, 4) is 0 Å². The van der Waals surface area contributed by atoms with Gasteiger partial charge >= 0.3 is 5.69 Å². The lowest BCUT2D eigenvalue weighted by Gasteiger charge is -2.14. The van der Waals surface area contributed by atoms with E-state index in [2.05, 4.69) is 9.97 Å². The van der Waals surface area contributed by atoms with E-state index in [0.717, 1.165) is 0 Å². The van der Waals surface area contributed by atoms with Crippen LogP contribution in [0.1, 0.15) is 12.6 Å². The molecule has 17 heavy (non-hydrogen) atoms. The highest BCUT2D eigenvalue weighted by Gasteiger charge is 2.36. The van der Waals surface area contributed by atoms with Gasteiger partial charge in [-0.2, -0.15) is 14.4 Å². The van der Waals surface area contributed by atoms with Gasteiger partial charge in [-0.3, -0.25) is 0 Å². The second-order valence-electron chi connectivity index (χ2n) is 3.62. The van der Waals surface area contributed by atoms with Crippen LogP contribution in [0.25, 0.3) is 0 Å². The molecule has 0 amide bonds. The zero-order chi connectivity index (χ0) is 12.6. The highest BCUT2D eigenvalue weighted by Crippen LogP contribution is 2.27. The molecule has 1 aliphatic rings. The molecule has 0 aliphatic carbocycles. The van der Waals surface area contributed by atoms with Crippen molar-refractivity contribution in [1.82, 2.24) is 14.5 Å². The predicted molar refractivity (Wildman–Crippen MR) is 52.3 cm³/mol. The van der Waals surface area contributed by atoms with Crippen LogP contribution in [0, 0.1) is 6.08 Å². The van der Waals surface area contributed by atoms with Crippen molar-refractivity contribution in [1.29, 1.82) is 0 Å². The molecule has 9 heteroatoms. The third-order valence-electron chi connectivity index (χ3n) is 2.49. The SMILES string of the molecule is Nc1nc(F)n([C@H]2C[C@@H](O)[C@@H](CO)O2)c(=O)n1. The van der Waals surface area contributed by atoms with Crippen LogP contribution < -0.4 is 11.4 Å². The van der Waals surface area contributed by atoms with Crippen molar-refractivity contribution in [2.45, 2.75) is 24.9 Å². The number of anilines is 1. The third kappa shape index (κ3) is 2.12. The van der Waals surface area contributed by atoms with Crippen LogP contribution >= 0.6 is 0 Å². The molecule has 0 unspecified atom stereocenters. The van der Waals surface area contributed by atoms with Gasteiger partial charge in [0.15, 0.2) is 0 Å². The molecule has 1 saturated heterocycles. The van der Waals surface area contributed by atoms with E-state index >= 15 is 0 Å². The summed E-state index contributed by atoms with van der Waals surface area (Å²) in [4.78, 5) is 17.9. The summed E-state index contributed by atoms with van der Waals surface area (Å²) in [6.45, 7) is -0.427. The minimum absolute atomic E-state index is 0.0324. The Morgan fingerprint density at radius 2 is 2.29 bits per heavy atom. The Balaban J connectivity index is 2.34. The second-order valence-corrected chi connectivity index (χ2v) is 3.62. The van der Waals surface area contributed by atoms with Crippen LogP contribution in [0.5, 0.6) is 0 Å². The predicted octanol–water partition coefficient (Wildman–Crippen LogP) is -2.00. The highest BCUT2D eigenvalue weighted by atomic mass is 19.1. The van der Waals surface area contributed by atoms with Gasteiger partial charge in [-0.05, 0) is 0 Å². The molecule has 1 fully saturated rings. The van der Waals surface area contributed by atoms with Gasteiger partial charge in [0, 0.05) is 6.42 Å². The molecule has 0 aromatic carbocycles. The van der Waals surface area contributed by atoms with Crippen LogP contribution in [-0.2, 0) is 4.74 Å². The number of nitrogens with two attached hydrogens (primary N) is 1. The molecule has 8 nitrogen and oxygen atoms in total. The summed E-state index contributed by atoms with van der Waals surface area (Å²) < 4.78 is 19.1. The van der Waals surface area contributed by atoms with E-state index in [0.29, 0.717) is 4.57 Å². The van der Waals surface area contributed by atoms with Crippen molar-refractivity contribution >= 4 is 5.95 Å². The van der Waals surface area contributed by atoms with Gasteiger partial charge in [0.25, 0.3) is 6.08 Å². The van der Waals surface area contributed by atoms with Crippen LogP contribution in [-0.4, -0.2) is 43.6 Å². The normalized spacial score (nSPS) is 28.5. The van der Waals surface area contributed by atoms with Gasteiger partial charge in [-0.1, -0.05) is 0 Å². The van der Waals surface area contributed by atoms with Crippen molar-refractivity contribution in [2.24, 2.45) is 0 Å². The average molecular weight is 246 g/mol. The molecule has 2 heterocycles. The van der Waals surface area contributed by atoms with E-state index < -0.39 is 42.8 Å². The summed E-state index contributed by atoms with van der Waals surface area (Å²) in [5.74, 6) is -0.471. The second kappa shape index (κ2) is 4.35. The van der Waals surface area contributed by atoms with Crippen LogP contribution in [0.3, 0.4) is 0 Å². The lowest BCUT2D eigenvalue weighted by atomic mass is 10.2. The fraction of sp³-hybridized carbons (Fsp3) is 0.625. The molecule has 94 valence electrons. The van der Waals surface area contributed by atoms with Gasteiger partial charge in [-0.25, -0.2) is 9.36 Å². The van der Waals surface area contributed by atoms with E-state index in [1.54, 1.807) is 0 Å². The number of nitrogens with zero attached hydrogens (tertiary/aromatic N) is 3. The molecular formula is C8H11FN4O4. The number of hydrogen-bond donors (Lipinski definition) is 3. The van der Waals surface area contributed by atoms with Crippen molar-refractivity contribution in [3.63, 3.8) is 0 Å². The largest absolute Gasteiger partial charge is 0.394 e. The smallest absolute Gasteiger partial charge is 0.356 e. The number of rotatable bonds is 2. The molecule has 0 spiro atoms. The van der Waals surface area contributed by atoms with E-state index in [-0.39, 0.29) is 6.42 Å². The number of hydrogen-bond acceptors (Lipinski definition) is 7. The first-order chi connectivity index (χ1) is 8.02. The van der Waals surface area contributed by atoms with Crippen molar-refractivity contribution < 1.29 is 19.3 Å². The molecule has 1 aliphatic heterocycles. The molecule has 3 atom stereocenters. The molecule has 0 bridgehead atoms. The number of ether oxygens (including phenoxy) is 1. The minimum atomic E-state index is -1.14. The number of aromatic nitrogens is 3.